The summed E-state index contributed by atoms with van der Waals surface area (Å²) in [6, 6.07) is 0.519. The molecule has 2 aromatic heterocycles. The number of halogens is 1. The number of nitrogens with one attached hydrogen (secondary N) is 1. The van der Waals surface area contributed by atoms with Gasteiger partial charge >= 0.3 is 0 Å². The van der Waals surface area contributed by atoms with Crippen molar-refractivity contribution in [3.05, 3.63) is 16.3 Å². The van der Waals surface area contributed by atoms with E-state index in [0.717, 1.165) is 48.6 Å². The molecule has 1 aliphatic carbocycles. The molecule has 0 amide bonds. The minimum Gasteiger partial charge on any atom is -0.383 e. The zero-order chi connectivity index (χ0) is 15.1. The molecule has 23 heavy (non-hydrogen) atoms. The van der Waals surface area contributed by atoms with E-state index in [1.807, 2.05) is 11.3 Å². The summed E-state index contributed by atoms with van der Waals surface area (Å²) < 4.78 is 0. The van der Waals surface area contributed by atoms with Gasteiger partial charge in [0.05, 0.1) is 11.9 Å². The number of piperazine rings is 1. The SMILES string of the molecule is C[C@@H]1CNCCN1Cc1nc(N)c2c3c(sc2n1)CCCC3.Cl. The molecule has 0 unspecified atom stereocenters. The Morgan fingerprint density at radius 1 is 1.30 bits per heavy atom. The number of thiophene rings is 1. The molecule has 4 rings (SSSR count). The van der Waals surface area contributed by atoms with E-state index in [2.05, 4.69) is 22.1 Å². The van der Waals surface area contributed by atoms with Gasteiger partial charge in [-0.05, 0) is 38.2 Å². The number of rotatable bonds is 2. The summed E-state index contributed by atoms with van der Waals surface area (Å²) in [5.74, 6) is 1.56. The van der Waals surface area contributed by atoms with Crippen LogP contribution < -0.4 is 11.1 Å². The van der Waals surface area contributed by atoms with Crippen LogP contribution in [-0.4, -0.2) is 40.5 Å². The van der Waals surface area contributed by atoms with Gasteiger partial charge in [-0.3, -0.25) is 4.90 Å². The molecule has 2 aromatic rings. The van der Waals surface area contributed by atoms with Crippen LogP contribution >= 0.6 is 23.7 Å². The van der Waals surface area contributed by atoms with Crippen LogP contribution in [0.25, 0.3) is 10.2 Å². The first-order valence-electron chi connectivity index (χ1n) is 8.24. The first-order valence-corrected chi connectivity index (χ1v) is 9.05. The molecule has 5 nitrogen and oxygen atoms in total. The van der Waals surface area contributed by atoms with Crippen molar-refractivity contribution in [1.82, 2.24) is 20.2 Å². The van der Waals surface area contributed by atoms with Crippen LogP contribution in [0, 0.1) is 0 Å². The average molecular weight is 354 g/mol. The predicted octanol–water partition coefficient (Wildman–Crippen LogP) is 2.37. The van der Waals surface area contributed by atoms with Gasteiger partial charge < -0.3 is 11.1 Å². The van der Waals surface area contributed by atoms with Crippen LogP contribution in [-0.2, 0) is 19.4 Å². The summed E-state index contributed by atoms with van der Waals surface area (Å²) in [7, 11) is 0. The van der Waals surface area contributed by atoms with Crippen molar-refractivity contribution >= 4 is 39.8 Å². The van der Waals surface area contributed by atoms with Gasteiger partial charge in [0.15, 0.2) is 0 Å². The van der Waals surface area contributed by atoms with Gasteiger partial charge in [-0.2, -0.15) is 0 Å². The third-order valence-corrected chi connectivity index (χ3v) is 6.06. The second-order valence-electron chi connectivity index (χ2n) is 6.44. The number of anilines is 1. The number of fused-ring (bicyclic) bond motifs is 3. The maximum atomic E-state index is 6.29. The normalized spacial score (nSPS) is 21.9. The molecular weight excluding hydrogens is 330 g/mol. The first-order chi connectivity index (χ1) is 10.7. The first kappa shape index (κ1) is 16.9. The van der Waals surface area contributed by atoms with Crippen molar-refractivity contribution < 1.29 is 0 Å². The third kappa shape index (κ3) is 3.18. The molecule has 2 aliphatic rings. The Morgan fingerprint density at radius 3 is 2.96 bits per heavy atom. The van der Waals surface area contributed by atoms with Gasteiger partial charge in [-0.15, -0.1) is 23.7 Å². The summed E-state index contributed by atoms with van der Waals surface area (Å²) >= 11 is 1.83. The zero-order valence-corrected chi connectivity index (χ0v) is 15.1. The van der Waals surface area contributed by atoms with Crippen LogP contribution in [0.1, 0.15) is 36.0 Å². The largest absolute Gasteiger partial charge is 0.383 e. The van der Waals surface area contributed by atoms with Gasteiger partial charge in [0, 0.05) is 30.6 Å². The minimum absolute atomic E-state index is 0. The molecule has 7 heteroatoms. The van der Waals surface area contributed by atoms with Crippen molar-refractivity contribution in [2.75, 3.05) is 25.4 Å². The van der Waals surface area contributed by atoms with Crippen molar-refractivity contribution in [3.8, 4) is 0 Å². The number of nitrogens with zero attached hydrogens (tertiary/aromatic N) is 3. The van der Waals surface area contributed by atoms with E-state index in [4.69, 9.17) is 10.7 Å². The summed E-state index contributed by atoms with van der Waals surface area (Å²) in [6.45, 7) is 6.16. The topological polar surface area (TPSA) is 67.1 Å². The van der Waals surface area contributed by atoms with E-state index in [0.29, 0.717) is 11.9 Å². The zero-order valence-electron chi connectivity index (χ0n) is 13.5. The Hall–Kier alpha value is -0.950. The van der Waals surface area contributed by atoms with Crippen molar-refractivity contribution in [2.24, 2.45) is 0 Å². The highest BCUT2D eigenvalue weighted by Crippen LogP contribution is 2.37. The monoisotopic (exact) mass is 353 g/mol. The number of hydrogen-bond acceptors (Lipinski definition) is 6. The van der Waals surface area contributed by atoms with Crippen molar-refractivity contribution in [1.29, 1.82) is 0 Å². The molecule has 0 bridgehead atoms. The standard InChI is InChI=1S/C16H23N5S.ClH/c1-10-8-18-6-7-21(10)9-13-19-15(17)14-11-4-2-3-5-12(11)22-16(14)20-13;/h10,18H,2-9H2,1H3,(H2,17,19,20);1H/t10-;/m1./s1. The fourth-order valence-electron chi connectivity index (χ4n) is 3.60. The lowest BCUT2D eigenvalue weighted by atomic mass is 9.97. The molecule has 0 radical (unpaired) electrons. The second kappa shape index (κ2) is 6.89. The van der Waals surface area contributed by atoms with Crippen LogP contribution in [0.3, 0.4) is 0 Å². The summed E-state index contributed by atoms with van der Waals surface area (Å²) in [6.07, 6.45) is 4.87. The summed E-state index contributed by atoms with van der Waals surface area (Å²) in [4.78, 5) is 14.5. The molecule has 0 saturated carbocycles. The number of nitrogen functional groups attached to an aromatic ring is 1. The van der Waals surface area contributed by atoms with E-state index in [1.54, 1.807) is 0 Å². The lowest BCUT2D eigenvalue weighted by Crippen LogP contribution is -2.49. The van der Waals surface area contributed by atoms with Gasteiger partial charge in [0.2, 0.25) is 0 Å². The fraction of sp³-hybridized carbons (Fsp3) is 0.625. The van der Waals surface area contributed by atoms with Crippen LogP contribution in [0.15, 0.2) is 0 Å². The van der Waals surface area contributed by atoms with E-state index >= 15 is 0 Å². The Bertz CT molecular complexity index is 701. The Labute approximate surface area is 147 Å². The molecule has 0 aromatic carbocycles. The van der Waals surface area contributed by atoms with Gasteiger partial charge in [-0.25, -0.2) is 9.97 Å². The van der Waals surface area contributed by atoms with Crippen LogP contribution in [0.2, 0.25) is 0 Å². The molecule has 3 N–H and O–H groups in total. The maximum Gasteiger partial charge on any atom is 0.146 e. The van der Waals surface area contributed by atoms with E-state index in [9.17, 15) is 0 Å². The van der Waals surface area contributed by atoms with E-state index in [-0.39, 0.29) is 12.4 Å². The predicted molar refractivity (Wildman–Crippen MR) is 98.5 cm³/mol. The van der Waals surface area contributed by atoms with E-state index < -0.39 is 0 Å². The van der Waals surface area contributed by atoms with Crippen LogP contribution in [0.4, 0.5) is 5.82 Å². The van der Waals surface area contributed by atoms with Gasteiger partial charge in [0.25, 0.3) is 0 Å². The lowest BCUT2D eigenvalue weighted by molar-refractivity contribution is 0.162. The molecular formula is C16H24ClN5S. The Balaban J connectivity index is 0.00000156. The molecule has 1 saturated heterocycles. The number of aromatic nitrogens is 2. The van der Waals surface area contributed by atoms with Crippen molar-refractivity contribution in [2.45, 2.75) is 45.2 Å². The quantitative estimate of drug-likeness (QED) is 0.867. The lowest BCUT2D eigenvalue weighted by Gasteiger charge is -2.33. The smallest absolute Gasteiger partial charge is 0.146 e. The molecule has 3 heterocycles. The van der Waals surface area contributed by atoms with Crippen LogP contribution in [0.5, 0.6) is 0 Å². The molecule has 1 fully saturated rings. The molecule has 126 valence electrons. The Morgan fingerprint density at radius 2 is 2.13 bits per heavy atom. The molecule has 1 atom stereocenters. The second-order valence-corrected chi connectivity index (χ2v) is 7.52. The van der Waals surface area contributed by atoms with Gasteiger partial charge in [0.1, 0.15) is 16.5 Å². The molecule has 0 spiro atoms. The minimum atomic E-state index is 0. The van der Waals surface area contributed by atoms with E-state index in [1.165, 1.54) is 29.7 Å². The fourth-order valence-corrected chi connectivity index (χ4v) is 4.89. The highest BCUT2D eigenvalue weighted by molar-refractivity contribution is 7.19. The number of aryl methyl sites for hydroxylation is 2. The summed E-state index contributed by atoms with van der Waals surface area (Å²) in [5, 5.41) is 4.56. The van der Waals surface area contributed by atoms with Crippen molar-refractivity contribution in [3.63, 3.8) is 0 Å². The number of nitrogens with two attached hydrogens (primary N) is 1. The maximum absolute atomic E-state index is 6.29. The Kier molecular flexibility index (Phi) is 5.06. The highest BCUT2D eigenvalue weighted by atomic mass is 35.5. The summed E-state index contributed by atoms with van der Waals surface area (Å²) in [5.41, 5.74) is 7.71. The van der Waals surface area contributed by atoms with Gasteiger partial charge in [-0.1, -0.05) is 0 Å². The molecule has 1 aliphatic heterocycles. The third-order valence-electron chi connectivity index (χ3n) is 4.87. The highest BCUT2D eigenvalue weighted by Gasteiger charge is 2.22. The number of hydrogen-bond donors (Lipinski definition) is 2. The average Bonchev–Trinajstić information content (AvgIpc) is 2.88.